The summed E-state index contributed by atoms with van der Waals surface area (Å²) in [6, 6.07) is 3.76. The molecule has 0 aliphatic carbocycles. The summed E-state index contributed by atoms with van der Waals surface area (Å²) in [7, 11) is 0. The van der Waals surface area contributed by atoms with Crippen LogP contribution in [0.3, 0.4) is 0 Å². The third-order valence-electron chi connectivity index (χ3n) is 3.15. The first-order valence-electron chi connectivity index (χ1n) is 7.11. The molecule has 0 bridgehead atoms. The molecular weight excluding hydrogens is 308 g/mol. The van der Waals surface area contributed by atoms with Gasteiger partial charge < -0.3 is 15.2 Å². The highest BCUT2D eigenvalue weighted by Gasteiger charge is 2.24. The van der Waals surface area contributed by atoms with E-state index in [2.05, 4.69) is 10.1 Å². The summed E-state index contributed by atoms with van der Waals surface area (Å²) >= 11 is 0. The smallest absolute Gasteiger partial charge is 0.321 e. The Bertz CT molecular complexity index is 556. The minimum absolute atomic E-state index is 0.0191. The molecule has 7 heteroatoms. The van der Waals surface area contributed by atoms with E-state index in [1.807, 2.05) is 20.8 Å². The number of carbonyl (C=O) groups excluding carboxylic acids is 1. The van der Waals surface area contributed by atoms with Crippen LogP contribution in [0.15, 0.2) is 18.2 Å². The Morgan fingerprint density at radius 2 is 2.04 bits per heavy atom. The lowest BCUT2D eigenvalue weighted by molar-refractivity contribution is -0.140. The number of carbonyl (C=O) groups is 2. The predicted octanol–water partition coefficient (Wildman–Crippen LogP) is 2.68. The summed E-state index contributed by atoms with van der Waals surface area (Å²) in [6.45, 7) is 6.25. The molecule has 1 aliphatic rings. The lowest BCUT2D eigenvalue weighted by Gasteiger charge is -2.23. The third kappa shape index (κ3) is 6.32. The second-order valence-corrected chi connectivity index (χ2v) is 6.13. The molecule has 0 spiro atoms. The highest BCUT2D eigenvalue weighted by atomic mass is 19.3. The first-order chi connectivity index (χ1) is 10.6. The van der Waals surface area contributed by atoms with Crippen molar-refractivity contribution in [2.24, 2.45) is 0 Å². The highest BCUT2D eigenvalue weighted by Crippen LogP contribution is 2.24. The monoisotopic (exact) mass is 329 g/mol. The second-order valence-electron chi connectivity index (χ2n) is 6.13. The van der Waals surface area contributed by atoms with Gasteiger partial charge in [0.2, 0.25) is 0 Å². The molecule has 2 rings (SSSR count). The fraction of sp³-hybridized carbons (Fsp3) is 0.500. The van der Waals surface area contributed by atoms with Crippen molar-refractivity contribution in [3.05, 3.63) is 34.9 Å². The van der Waals surface area contributed by atoms with Crippen molar-refractivity contribution < 1.29 is 28.2 Å². The number of aliphatic carboxylic acids is 1. The van der Waals surface area contributed by atoms with Gasteiger partial charge in [0.1, 0.15) is 11.6 Å². The van der Waals surface area contributed by atoms with Gasteiger partial charge in [0.25, 0.3) is 12.9 Å². The molecule has 5 nitrogen and oxygen atoms in total. The number of hydrogen-bond donors (Lipinski definition) is 2. The summed E-state index contributed by atoms with van der Waals surface area (Å²) in [5, 5.41) is 11.6. The fourth-order valence-electron chi connectivity index (χ4n) is 1.99. The van der Waals surface area contributed by atoms with Gasteiger partial charge in [0.05, 0.1) is 0 Å². The summed E-state index contributed by atoms with van der Waals surface area (Å²) in [6.07, 6.45) is -2.14. The molecule has 1 aliphatic heterocycles. The zero-order valence-corrected chi connectivity index (χ0v) is 13.3. The van der Waals surface area contributed by atoms with Crippen molar-refractivity contribution in [1.29, 1.82) is 0 Å². The summed E-state index contributed by atoms with van der Waals surface area (Å²) in [5.41, 5.74) is 1.25. The van der Waals surface area contributed by atoms with Gasteiger partial charge in [-0.15, -0.1) is 0 Å². The average molecular weight is 329 g/mol. The normalized spacial score (nSPS) is 16.9. The Morgan fingerprint density at radius 3 is 2.48 bits per heavy atom. The van der Waals surface area contributed by atoms with Gasteiger partial charge in [-0.2, -0.15) is 0 Å². The van der Waals surface area contributed by atoms with Gasteiger partial charge in [-0.25, -0.2) is 8.78 Å². The Labute approximate surface area is 133 Å². The Kier molecular flexibility index (Phi) is 6.62. The van der Waals surface area contributed by atoms with E-state index in [1.165, 1.54) is 12.1 Å². The first kappa shape index (κ1) is 19.0. The van der Waals surface area contributed by atoms with Gasteiger partial charge in [0.15, 0.2) is 0 Å². The van der Waals surface area contributed by atoms with Crippen LogP contribution in [-0.4, -0.2) is 29.2 Å². The van der Waals surface area contributed by atoms with Gasteiger partial charge in [-0.1, -0.05) is 12.1 Å². The molecule has 23 heavy (non-hydrogen) atoms. The average Bonchev–Trinajstić information content (AvgIpc) is 2.45. The van der Waals surface area contributed by atoms with E-state index in [1.54, 1.807) is 6.07 Å². The molecule has 0 aromatic heterocycles. The number of benzene rings is 1. The molecule has 1 atom stereocenters. The van der Waals surface area contributed by atoms with E-state index in [9.17, 15) is 18.4 Å². The van der Waals surface area contributed by atoms with Crippen LogP contribution < -0.4 is 5.32 Å². The maximum atomic E-state index is 12.4. The van der Waals surface area contributed by atoms with Crippen molar-refractivity contribution in [2.45, 2.75) is 51.8 Å². The number of carboxylic acid groups (broad SMARTS) is 1. The molecule has 0 amide bonds. The number of rotatable bonds is 3. The third-order valence-corrected chi connectivity index (χ3v) is 3.15. The minimum Gasteiger partial charge on any atom is -0.480 e. The van der Waals surface area contributed by atoms with Crippen molar-refractivity contribution in [1.82, 2.24) is 5.32 Å². The highest BCUT2D eigenvalue weighted by molar-refractivity contribution is 5.74. The first-order valence-corrected chi connectivity index (χ1v) is 7.11. The number of alkyl halides is 2. The Hall–Kier alpha value is -2.02. The van der Waals surface area contributed by atoms with Crippen LogP contribution in [-0.2, 0) is 27.3 Å². The Balaban J connectivity index is 0.000000322. The van der Waals surface area contributed by atoms with Crippen molar-refractivity contribution in [3.63, 3.8) is 0 Å². The molecule has 0 radical (unpaired) electrons. The number of fused-ring (bicyclic) bond motifs is 1. The van der Waals surface area contributed by atoms with Crippen LogP contribution in [0, 0.1) is 0 Å². The van der Waals surface area contributed by atoms with Crippen molar-refractivity contribution >= 4 is 12.4 Å². The van der Waals surface area contributed by atoms with Crippen LogP contribution in [0.1, 0.15) is 43.9 Å². The van der Waals surface area contributed by atoms with E-state index < -0.39 is 18.4 Å². The SMILES string of the molecule is CC(C)(C)OC=O.O=C(O)[C@H]1Cc2ccc(C(F)F)cc2CN1. The van der Waals surface area contributed by atoms with Crippen LogP contribution in [0.5, 0.6) is 0 Å². The van der Waals surface area contributed by atoms with E-state index in [4.69, 9.17) is 5.11 Å². The zero-order valence-electron chi connectivity index (χ0n) is 13.3. The van der Waals surface area contributed by atoms with Gasteiger partial charge in [-0.05, 0) is 44.4 Å². The number of halogens is 2. The molecule has 2 N–H and O–H groups in total. The fourth-order valence-corrected chi connectivity index (χ4v) is 1.99. The zero-order chi connectivity index (χ0) is 17.6. The van der Waals surface area contributed by atoms with Crippen LogP contribution in [0.2, 0.25) is 0 Å². The Morgan fingerprint density at radius 1 is 1.39 bits per heavy atom. The molecule has 1 heterocycles. The van der Waals surface area contributed by atoms with Gasteiger partial charge in [-0.3, -0.25) is 9.59 Å². The van der Waals surface area contributed by atoms with Crippen molar-refractivity contribution in [3.8, 4) is 0 Å². The molecule has 0 unspecified atom stereocenters. The van der Waals surface area contributed by atoms with E-state index >= 15 is 0 Å². The maximum absolute atomic E-state index is 12.4. The summed E-state index contributed by atoms with van der Waals surface area (Å²) in [5.74, 6) is -0.913. The largest absolute Gasteiger partial charge is 0.480 e. The molecule has 0 fully saturated rings. The van der Waals surface area contributed by atoms with Gasteiger partial charge >= 0.3 is 5.97 Å². The quantitative estimate of drug-likeness (QED) is 0.834. The molecule has 1 aromatic carbocycles. The van der Waals surface area contributed by atoms with Crippen LogP contribution >= 0.6 is 0 Å². The maximum Gasteiger partial charge on any atom is 0.321 e. The molecule has 0 saturated carbocycles. The van der Waals surface area contributed by atoms with E-state index in [0.717, 1.165) is 11.1 Å². The van der Waals surface area contributed by atoms with Crippen molar-refractivity contribution in [2.75, 3.05) is 0 Å². The number of hydrogen-bond acceptors (Lipinski definition) is 4. The van der Waals surface area contributed by atoms with E-state index in [0.29, 0.717) is 19.4 Å². The molecule has 1 aromatic rings. The molecule has 0 saturated heterocycles. The second kappa shape index (κ2) is 8.01. The summed E-state index contributed by atoms with van der Waals surface area (Å²) in [4.78, 5) is 20.4. The van der Waals surface area contributed by atoms with Gasteiger partial charge in [0, 0.05) is 12.1 Å². The number of carboxylic acids is 1. The topological polar surface area (TPSA) is 75.6 Å². The lowest BCUT2D eigenvalue weighted by Crippen LogP contribution is -2.41. The van der Waals surface area contributed by atoms with Crippen LogP contribution in [0.4, 0.5) is 8.78 Å². The number of nitrogens with one attached hydrogen (secondary N) is 1. The molecular formula is C16H21F2NO4. The van der Waals surface area contributed by atoms with E-state index in [-0.39, 0.29) is 11.2 Å². The minimum atomic E-state index is -2.48. The predicted molar refractivity (Wildman–Crippen MR) is 80.3 cm³/mol. The lowest BCUT2D eigenvalue weighted by atomic mass is 9.94. The van der Waals surface area contributed by atoms with Crippen LogP contribution in [0.25, 0.3) is 0 Å². The molecule has 128 valence electrons. The standard InChI is InChI=1S/C11H11F2NO2.C5H10O2/c12-10(13)7-2-1-6-4-9(11(15)16)14-5-8(6)3-7;1-5(2,3)7-4-6/h1-3,9-10,14H,4-5H2,(H,15,16);4H,1-3H3/t9-;/m1./s1. The number of ether oxygens (including phenoxy) is 1. The summed E-state index contributed by atoms with van der Waals surface area (Å²) < 4.78 is 29.4.